The fourth-order valence-electron chi connectivity index (χ4n) is 2.65. The maximum Gasteiger partial charge on any atom is 0.191 e. The van der Waals surface area contributed by atoms with Crippen molar-refractivity contribution in [1.82, 2.24) is 25.2 Å². The Hall–Kier alpha value is -2.96. The number of aliphatic imine (C=N–C) groups is 1. The lowest BCUT2D eigenvalue weighted by Crippen LogP contribution is -2.37. The third-order valence-corrected chi connectivity index (χ3v) is 3.96. The van der Waals surface area contributed by atoms with Crippen LogP contribution in [0.15, 0.2) is 53.7 Å². The molecule has 0 saturated heterocycles. The molecule has 26 heavy (non-hydrogen) atoms. The zero-order valence-corrected chi connectivity index (χ0v) is 14.8. The van der Waals surface area contributed by atoms with Crippen molar-refractivity contribution in [3.05, 3.63) is 65.9 Å². The fraction of sp³-hybridized carbons (Fsp3) is 0.316. The summed E-state index contributed by atoms with van der Waals surface area (Å²) in [6, 6.07) is 12.6. The molecule has 0 fully saturated rings. The van der Waals surface area contributed by atoms with Crippen molar-refractivity contribution >= 4 is 11.6 Å². The van der Waals surface area contributed by atoms with Crippen LogP contribution in [-0.2, 0) is 13.0 Å². The Morgan fingerprint density at radius 3 is 2.81 bits per heavy atom. The molecule has 136 valence electrons. The zero-order chi connectivity index (χ0) is 18.2. The molecule has 3 rings (SSSR count). The Morgan fingerprint density at radius 2 is 1.96 bits per heavy atom. The molecule has 3 aromatic rings. The van der Waals surface area contributed by atoms with Crippen LogP contribution in [0, 0.1) is 5.82 Å². The van der Waals surface area contributed by atoms with Gasteiger partial charge in [0.25, 0.3) is 0 Å². The Labute approximate surface area is 152 Å². The van der Waals surface area contributed by atoms with E-state index in [4.69, 9.17) is 0 Å². The van der Waals surface area contributed by atoms with E-state index >= 15 is 0 Å². The van der Waals surface area contributed by atoms with Gasteiger partial charge in [0.05, 0.1) is 6.54 Å². The number of aromatic nitrogens is 3. The number of rotatable bonds is 7. The Kier molecular flexibility index (Phi) is 6.14. The molecule has 2 aromatic heterocycles. The van der Waals surface area contributed by atoms with Crippen molar-refractivity contribution in [2.45, 2.75) is 26.3 Å². The van der Waals surface area contributed by atoms with Gasteiger partial charge in [0.2, 0.25) is 0 Å². The summed E-state index contributed by atoms with van der Waals surface area (Å²) < 4.78 is 15.7. The number of guanidine groups is 1. The van der Waals surface area contributed by atoms with Gasteiger partial charge in [-0.3, -0.25) is 4.40 Å². The van der Waals surface area contributed by atoms with Gasteiger partial charge in [-0.15, -0.1) is 10.2 Å². The molecule has 6 nitrogen and oxygen atoms in total. The van der Waals surface area contributed by atoms with E-state index in [1.54, 1.807) is 12.1 Å². The zero-order valence-electron chi connectivity index (χ0n) is 14.8. The minimum Gasteiger partial charge on any atom is -0.357 e. The number of fused-ring (bicyclic) bond motifs is 1. The molecule has 0 atom stereocenters. The lowest BCUT2D eigenvalue weighted by molar-refractivity contribution is 0.610. The number of aryl methyl sites for hydroxylation is 1. The molecule has 0 amide bonds. The van der Waals surface area contributed by atoms with E-state index in [0.29, 0.717) is 18.1 Å². The largest absolute Gasteiger partial charge is 0.357 e. The highest BCUT2D eigenvalue weighted by atomic mass is 19.1. The summed E-state index contributed by atoms with van der Waals surface area (Å²) in [7, 11) is 0. The van der Waals surface area contributed by atoms with Gasteiger partial charge < -0.3 is 10.6 Å². The summed E-state index contributed by atoms with van der Waals surface area (Å²) in [6.07, 6.45) is 3.67. The van der Waals surface area contributed by atoms with Gasteiger partial charge >= 0.3 is 0 Å². The average Bonchev–Trinajstić information content (AvgIpc) is 3.07. The van der Waals surface area contributed by atoms with E-state index in [9.17, 15) is 4.39 Å². The van der Waals surface area contributed by atoms with E-state index < -0.39 is 0 Å². The monoisotopic (exact) mass is 354 g/mol. The summed E-state index contributed by atoms with van der Waals surface area (Å²) in [5.74, 6) is 1.39. The van der Waals surface area contributed by atoms with Crippen molar-refractivity contribution in [2.75, 3.05) is 13.1 Å². The number of halogens is 1. The molecule has 0 radical (unpaired) electrons. The van der Waals surface area contributed by atoms with Crippen molar-refractivity contribution in [1.29, 1.82) is 0 Å². The molecule has 0 aliphatic carbocycles. The number of hydrogen-bond acceptors (Lipinski definition) is 3. The maximum atomic E-state index is 13.7. The quantitative estimate of drug-likeness (QED) is 0.389. The summed E-state index contributed by atoms with van der Waals surface area (Å²) in [4.78, 5) is 4.45. The van der Waals surface area contributed by atoms with Crippen molar-refractivity contribution in [3.8, 4) is 0 Å². The number of nitrogens with one attached hydrogen (secondary N) is 2. The van der Waals surface area contributed by atoms with Gasteiger partial charge in [0.1, 0.15) is 11.6 Å². The molecule has 0 aliphatic heterocycles. The van der Waals surface area contributed by atoms with Gasteiger partial charge in [-0.25, -0.2) is 9.38 Å². The van der Waals surface area contributed by atoms with Gasteiger partial charge in [0, 0.05) is 31.3 Å². The van der Waals surface area contributed by atoms with E-state index in [-0.39, 0.29) is 5.82 Å². The number of pyridine rings is 1. The molecular formula is C19H23FN6. The Balaban J connectivity index is 1.52. The molecule has 2 heterocycles. The fourth-order valence-corrected chi connectivity index (χ4v) is 2.65. The molecule has 0 unspecified atom stereocenters. The molecule has 2 N–H and O–H groups in total. The van der Waals surface area contributed by atoms with Crippen LogP contribution in [0.3, 0.4) is 0 Å². The highest BCUT2D eigenvalue weighted by Crippen LogP contribution is 2.07. The average molecular weight is 354 g/mol. The van der Waals surface area contributed by atoms with Gasteiger partial charge in [-0.1, -0.05) is 24.3 Å². The van der Waals surface area contributed by atoms with Crippen LogP contribution in [-0.4, -0.2) is 33.6 Å². The van der Waals surface area contributed by atoms with Crippen LogP contribution in [0.1, 0.15) is 24.7 Å². The van der Waals surface area contributed by atoms with E-state index in [0.717, 1.165) is 37.4 Å². The third-order valence-electron chi connectivity index (χ3n) is 3.96. The number of benzene rings is 1. The molecule has 0 bridgehead atoms. The Bertz CT molecular complexity index is 873. The minimum atomic E-state index is -0.231. The van der Waals surface area contributed by atoms with Crippen LogP contribution in [0.5, 0.6) is 0 Å². The smallest absolute Gasteiger partial charge is 0.191 e. The number of nitrogens with zero attached hydrogens (tertiary/aromatic N) is 4. The van der Waals surface area contributed by atoms with Gasteiger partial charge in [0.15, 0.2) is 11.6 Å². The molecule has 1 aromatic carbocycles. The van der Waals surface area contributed by atoms with E-state index in [2.05, 4.69) is 25.8 Å². The number of hydrogen-bond donors (Lipinski definition) is 2. The summed E-state index contributed by atoms with van der Waals surface area (Å²) in [5, 5.41) is 14.8. The minimum absolute atomic E-state index is 0.231. The van der Waals surface area contributed by atoms with Crippen LogP contribution >= 0.6 is 0 Å². The first-order valence-corrected chi connectivity index (χ1v) is 8.82. The topological polar surface area (TPSA) is 66.6 Å². The van der Waals surface area contributed by atoms with Crippen molar-refractivity contribution < 1.29 is 4.39 Å². The van der Waals surface area contributed by atoms with E-state index in [1.807, 2.05) is 41.8 Å². The van der Waals surface area contributed by atoms with Crippen molar-refractivity contribution in [3.63, 3.8) is 0 Å². The lowest BCUT2D eigenvalue weighted by atomic mass is 10.2. The predicted octanol–water partition coefficient (Wildman–Crippen LogP) is 2.56. The highest BCUT2D eigenvalue weighted by molar-refractivity contribution is 5.79. The first-order valence-electron chi connectivity index (χ1n) is 8.82. The van der Waals surface area contributed by atoms with Gasteiger partial charge in [-0.05, 0) is 31.5 Å². The van der Waals surface area contributed by atoms with Crippen molar-refractivity contribution in [2.24, 2.45) is 4.99 Å². The van der Waals surface area contributed by atoms with Gasteiger partial charge in [-0.2, -0.15) is 0 Å². The third kappa shape index (κ3) is 4.56. The Morgan fingerprint density at radius 1 is 1.12 bits per heavy atom. The highest BCUT2D eigenvalue weighted by Gasteiger charge is 2.05. The van der Waals surface area contributed by atoms with Crippen LogP contribution in [0.25, 0.3) is 5.65 Å². The van der Waals surface area contributed by atoms with Crippen LogP contribution in [0.4, 0.5) is 4.39 Å². The second kappa shape index (κ2) is 8.94. The molecule has 7 heteroatoms. The second-order valence-electron chi connectivity index (χ2n) is 5.86. The van der Waals surface area contributed by atoms with E-state index in [1.165, 1.54) is 6.07 Å². The molecule has 0 spiro atoms. The standard InChI is InChI=1S/C19H23FN6/c1-2-21-19(23-14-15-8-3-4-9-16(15)20)22-12-7-11-18-25-24-17-10-5-6-13-26(17)18/h3-6,8-10,13H,2,7,11-12,14H2,1H3,(H2,21,22,23). The first kappa shape index (κ1) is 17.8. The summed E-state index contributed by atoms with van der Waals surface area (Å²) in [6.45, 7) is 3.79. The SMILES string of the molecule is CCNC(=NCc1ccccc1F)NCCCc1nnc2ccccn12. The maximum absolute atomic E-state index is 13.7. The molecular weight excluding hydrogens is 331 g/mol. The molecule has 0 saturated carbocycles. The lowest BCUT2D eigenvalue weighted by Gasteiger charge is -2.11. The molecule has 0 aliphatic rings. The second-order valence-corrected chi connectivity index (χ2v) is 5.86. The predicted molar refractivity (Wildman–Crippen MR) is 101 cm³/mol. The summed E-state index contributed by atoms with van der Waals surface area (Å²) >= 11 is 0. The van der Waals surface area contributed by atoms with Crippen LogP contribution in [0.2, 0.25) is 0 Å². The summed E-state index contributed by atoms with van der Waals surface area (Å²) in [5.41, 5.74) is 1.44. The first-order chi connectivity index (χ1) is 12.8. The normalized spacial score (nSPS) is 11.7. The van der Waals surface area contributed by atoms with Crippen LogP contribution < -0.4 is 10.6 Å².